The van der Waals surface area contributed by atoms with Crippen molar-refractivity contribution in [3.05, 3.63) is 41.2 Å². The van der Waals surface area contributed by atoms with Gasteiger partial charge < -0.3 is 9.84 Å². The van der Waals surface area contributed by atoms with Gasteiger partial charge in [-0.3, -0.25) is 0 Å². The first-order valence-electron chi connectivity index (χ1n) is 6.40. The summed E-state index contributed by atoms with van der Waals surface area (Å²) < 4.78 is 6.66. The Balaban J connectivity index is 2.27. The lowest BCUT2D eigenvalue weighted by molar-refractivity contribution is 0.0689. The molecule has 1 heterocycles. The molecule has 7 heteroatoms. The molecular formula is C14H14N4O3. The van der Waals surface area contributed by atoms with Crippen molar-refractivity contribution in [3.8, 4) is 11.8 Å². The van der Waals surface area contributed by atoms with Gasteiger partial charge in [0.05, 0.1) is 18.4 Å². The fraction of sp³-hybridized carbons (Fsp3) is 0.286. The van der Waals surface area contributed by atoms with Crippen molar-refractivity contribution in [2.24, 2.45) is 0 Å². The molecule has 0 aliphatic carbocycles. The molecule has 0 atom stereocenters. The molecule has 0 bridgehead atoms. The predicted octanol–water partition coefficient (Wildman–Crippen LogP) is 1.49. The summed E-state index contributed by atoms with van der Waals surface area (Å²) in [6.07, 6.45) is 0.336. The van der Waals surface area contributed by atoms with Gasteiger partial charge in [0.15, 0.2) is 5.69 Å². The Hall–Kier alpha value is -2.88. The van der Waals surface area contributed by atoms with Gasteiger partial charge in [-0.25, -0.2) is 9.48 Å². The average Bonchev–Trinajstić information content (AvgIpc) is 2.85. The lowest BCUT2D eigenvalue weighted by Crippen LogP contribution is -2.08. The molecule has 0 saturated heterocycles. The number of hydrogen-bond donors (Lipinski definition) is 1. The van der Waals surface area contributed by atoms with E-state index < -0.39 is 5.97 Å². The lowest BCUT2D eigenvalue weighted by Gasteiger charge is -2.06. The number of carbonyl (C=O) groups is 1. The zero-order valence-electron chi connectivity index (χ0n) is 11.5. The van der Waals surface area contributed by atoms with Crippen molar-refractivity contribution in [2.75, 3.05) is 6.61 Å². The molecule has 0 aliphatic rings. The molecule has 0 spiro atoms. The first-order valence-corrected chi connectivity index (χ1v) is 6.40. The van der Waals surface area contributed by atoms with Crippen molar-refractivity contribution in [1.29, 1.82) is 5.26 Å². The number of carboxylic acid groups (broad SMARTS) is 1. The number of benzene rings is 1. The monoisotopic (exact) mass is 286 g/mol. The molecule has 0 aliphatic heterocycles. The fourth-order valence-electron chi connectivity index (χ4n) is 1.93. The molecular weight excluding hydrogens is 272 g/mol. The van der Waals surface area contributed by atoms with Crippen LogP contribution in [0.3, 0.4) is 0 Å². The second-order valence-corrected chi connectivity index (χ2v) is 4.26. The van der Waals surface area contributed by atoms with E-state index in [2.05, 4.69) is 10.3 Å². The Morgan fingerprint density at radius 1 is 1.43 bits per heavy atom. The van der Waals surface area contributed by atoms with Gasteiger partial charge in [-0.05, 0) is 24.6 Å². The molecule has 0 saturated carbocycles. The Morgan fingerprint density at radius 3 is 2.71 bits per heavy atom. The lowest BCUT2D eigenvalue weighted by atomic mass is 10.1. The first kappa shape index (κ1) is 14.5. The third kappa shape index (κ3) is 3.36. The molecule has 0 unspecified atom stereocenters. The maximum Gasteiger partial charge on any atom is 0.358 e. The molecule has 2 aromatic rings. The Morgan fingerprint density at radius 2 is 2.14 bits per heavy atom. The molecule has 7 nitrogen and oxygen atoms in total. The van der Waals surface area contributed by atoms with E-state index in [4.69, 9.17) is 15.1 Å². The maximum absolute atomic E-state index is 11.2. The van der Waals surface area contributed by atoms with Crippen LogP contribution in [0.15, 0.2) is 24.3 Å². The van der Waals surface area contributed by atoms with Crippen LogP contribution < -0.4 is 4.74 Å². The van der Waals surface area contributed by atoms with E-state index >= 15 is 0 Å². The average molecular weight is 286 g/mol. The highest BCUT2D eigenvalue weighted by molar-refractivity contribution is 5.86. The van der Waals surface area contributed by atoms with Gasteiger partial charge in [-0.2, -0.15) is 5.26 Å². The summed E-state index contributed by atoms with van der Waals surface area (Å²) >= 11 is 0. The van der Waals surface area contributed by atoms with Crippen molar-refractivity contribution in [3.63, 3.8) is 0 Å². The summed E-state index contributed by atoms with van der Waals surface area (Å²) in [4.78, 5) is 11.2. The summed E-state index contributed by atoms with van der Waals surface area (Å²) in [5.74, 6) is -0.400. The SMILES string of the molecule is CCOc1ccc(Cc2c(C(=O)O)nnn2CC#N)cc1. The topological polar surface area (TPSA) is 101 Å². The van der Waals surface area contributed by atoms with E-state index in [9.17, 15) is 4.79 Å². The van der Waals surface area contributed by atoms with Crippen LogP contribution in [-0.4, -0.2) is 32.7 Å². The fourth-order valence-corrected chi connectivity index (χ4v) is 1.93. The third-order valence-electron chi connectivity index (χ3n) is 2.87. The van der Waals surface area contributed by atoms with Gasteiger partial charge >= 0.3 is 5.97 Å². The number of ether oxygens (including phenoxy) is 1. The van der Waals surface area contributed by atoms with Gasteiger partial charge in [0.2, 0.25) is 0 Å². The van der Waals surface area contributed by atoms with E-state index in [1.807, 2.05) is 37.3 Å². The molecule has 1 aromatic heterocycles. The van der Waals surface area contributed by atoms with Gasteiger partial charge in [0, 0.05) is 6.42 Å². The third-order valence-corrected chi connectivity index (χ3v) is 2.87. The van der Waals surface area contributed by atoms with Crippen molar-refractivity contribution in [2.45, 2.75) is 19.9 Å². The minimum absolute atomic E-state index is 0.0351. The second-order valence-electron chi connectivity index (χ2n) is 4.26. The minimum Gasteiger partial charge on any atom is -0.494 e. The minimum atomic E-state index is -1.15. The number of rotatable bonds is 6. The highest BCUT2D eigenvalue weighted by Gasteiger charge is 2.19. The van der Waals surface area contributed by atoms with Gasteiger partial charge in [-0.1, -0.05) is 17.3 Å². The quantitative estimate of drug-likeness (QED) is 0.863. The Bertz CT molecular complexity index is 671. The highest BCUT2D eigenvalue weighted by atomic mass is 16.5. The molecule has 0 amide bonds. The zero-order valence-corrected chi connectivity index (χ0v) is 11.5. The zero-order chi connectivity index (χ0) is 15.2. The summed E-state index contributed by atoms with van der Waals surface area (Å²) in [6.45, 7) is 2.45. The number of nitrogens with zero attached hydrogens (tertiary/aromatic N) is 4. The standard InChI is InChI=1S/C14H14N4O3/c1-2-21-11-5-3-10(4-6-11)9-12-13(14(19)20)16-17-18(12)8-7-15/h3-6H,2,8-9H2,1H3,(H,19,20). The summed E-state index contributed by atoms with van der Waals surface area (Å²) in [6, 6.07) is 9.27. The van der Waals surface area contributed by atoms with Gasteiger partial charge in [0.1, 0.15) is 12.3 Å². The molecule has 0 fully saturated rings. The normalized spacial score (nSPS) is 10.1. The molecule has 21 heavy (non-hydrogen) atoms. The molecule has 1 N–H and O–H groups in total. The summed E-state index contributed by atoms with van der Waals surface area (Å²) in [5, 5.41) is 25.2. The van der Waals surface area contributed by atoms with Crippen LogP contribution in [0.2, 0.25) is 0 Å². The van der Waals surface area contributed by atoms with Gasteiger partial charge in [-0.15, -0.1) is 5.10 Å². The van der Waals surface area contributed by atoms with Crippen molar-refractivity contribution < 1.29 is 14.6 Å². The van der Waals surface area contributed by atoms with E-state index in [0.717, 1.165) is 11.3 Å². The van der Waals surface area contributed by atoms with E-state index in [-0.39, 0.29) is 12.2 Å². The first-order chi connectivity index (χ1) is 10.2. The van der Waals surface area contributed by atoms with E-state index in [0.29, 0.717) is 18.7 Å². The van der Waals surface area contributed by atoms with Crippen LogP contribution in [0.4, 0.5) is 0 Å². The van der Waals surface area contributed by atoms with E-state index in [1.54, 1.807) is 0 Å². The van der Waals surface area contributed by atoms with Crippen LogP contribution in [0.5, 0.6) is 5.75 Å². The van der Waals surface area contributed by atoms with Crippen molar-refractivity contribution >= 4 is 5.97 Å². The number of aromatic nitrogens is 3. The molecule has 0 radical (unpaired) electrons. The van der Waals surface area contributed by atoms with Gasteiger partial charge in [0.25, 0.3) is 0 Å². The smallest absolute Gasteiger partial charge is 0.358 e. The number of hydrogen-bond acceptors (Lipinski definition) is 5. The summed E-state index contributed by atoms with van der Waals surface area (Å²) in [5.41, 5.74) is 1.18. The largest absolute Gasteiger partial charge is 0.494 e. The molecule has 1 aromatic carbocycles. The van der Waals surface area contributed by atoms with Crippen LogP contribution in [-0.2, 0) is 13.0 Å². The van der Waals surface area contributed by atoms with Crippen LogP contribution in [0, 0.1) is 11.3 Å². The van der Waals surface area contributed by atoms with Crippen molar-refractivity contribution in [1.82, 2.24) is 15.0 Å². The Kier molecular flexibility index (Phi) is 4.51. The van der Waals surface area contributed by atoms with Crippen LogP contribution in [0.25, 0.3) is 0 Å². The highest BCUT2D eigenvalue weighted by Crippen LogP contribution is 2.17. The maximum atomic E-state index is 11.2. The number of carboxylic acids is 1. The molecule has 108 valence electrons. The number of nitriles is 1. The second kappa shape index (κ2) is 6.52. The van der Waals surface area contributed by atoms with Crippen LogP contribution in [0.1, 0.15) is 28.7 Å². The van der Waals surface area contributed by atoms with E-state index in [1.165, 1.54) is 4.68 Å². The predicted molar refractivity (Wildman–Crippen MR) is 73.0 cm³/mol. The summed E-state index contributed by atoms with van der Waals surface area (Å²) in [7, 11) is 0. The molecule has 2 rings (SSSR count). The van der Waals surface area contributed by atoms with Crippen LogP contribution >= 0.6 is 0 Å². The Labute approximate surface area is 121 Å². The number of aromatic carboxylic acids is 1.